The van der Waals surface area contributed by atoms with Crippen LogP contribution in [-0.2, 0) is 6.42 Å². The molecule has 0 saturated heterocycles. The van der Waals surface area contributed by atoms with Crippen LogP contribution in [-0.4, -0.2) is 16.5 Å². The molecule has 1 rings (SSSR count). The Balaban J connectivity index is 2.90. The summed E-state index contributed by atoms with van der Waals surface area (Å²) < 4.78 is 0. The first-order chi connectivity index (χ1) is 6.83. The predicted octanol–water partition coefficient (Wildman–Crippen LogP) is 1.15. The van der Waals surface area contributed by atoms with Gasteiger partial charge in [-0.2, -0.15) is 0 Å². The molecule has 0 amide bonds. The third-order valence-electron chi connectivity index (χ3n) is 1.98. The second-order valence-electron chi connectivity index (χ2n) is 2.97. The van der Waals surface area contributed by atoms with Crippen molar-refractivity contribution in [1.29, 1.82) is 0 Å². The first-order valence-electron chi connectivity index (χ1n) is 4.87. The van der Waals surface area contributed by atoms with Gasteiger partial charge in [0.15, 0.2) is 0 Å². The molecule has 0 bridgehead atoms. The van der Waals surface area contributed by atoms with Gasteiger partial charge in [-0.1, -0.05) is 13.8 Å². The predicted molar refractivity (Wildman–Crippen MR) is 58.0 cm³/mol. The summed E-state index contributed by atoms with van der Waals surface area (Å²) in [6, 6.07) is 0. The number of rotatable bonds is 5. The first-order valence-corrected chi connectivity index (χ1v) is 4.87. The molecule has 4 N–H and O–H groups in total. The average Bonchev–Trinajstić information content (AvgIpc) is 2.25. The highest BCUT2D eigenvalue weighted by atomic mass is 15.3. The zero-order chi connectivity index (χ0) is 10.4. The molecule has 0 aromatic carbocycles. The van der Waals surface area contributed by atoms with Crippen molar-refractivity contribution in [2.45, 2.75) is 26.7 Å². The summed E-state index contributed by atoms with van der Waals surface area (Å²) in [6.07, 6.45) is 3.43. The number of nitrogens with one attached hydrogen (secondary N) is 2. The zero-order valence-corrected chi connectivity index (χ0v) is 8.67. The highest BCUT2D eigenvalue weighted by Gasteiger charge is 2.07. The molecule has 5 nitrogen and oxygen atoms in total. The minimum Gasteiger partial charge on any atom is -0.370 e. The normalized spacial score (nSPS) is 9.93. The van der Waals surface area contributed by atoms with Gasteiger partial charge in [0, 0.05) is 12.1 Å². The van der Waals surface area contributed by atoms with E-state index in [0.717, 1.165) is 30.8 Å². The van der Waals surface area contributed by atoms with Crippen molar-refractivity contribution in [2.75, 3.05) is 17.3 Å². The standard InChI is InChI=1S/C9H17N5/c1-3-5-11-8-7(4-2)9(14-10)13-6-12-8/h6H,3-5,10H2,1-2H3,(H2,11,12,13,14). The second-order valence-corrected chi connectivity index (χ2v) is 2.97. The third-order valence-corrected chi connectivity index (χ3v) is 1.98. The van der Waals surface area contributed by atoms with Gasteiger partial charge >= 0.3 is 0 Å². The number of nitrogens with two attached hydrogens (primary N) is 1. The molecular formula is C9H17N5. The Morgan fingerprint density at radius 3 is 2.57 bits per heavy atom. The molecule has 14 heavy (non-hydrogen) atoms. The van der Waals surface area contributed by atoms with Gasteiger partial charge < -0.3 is 10.7 Å². The van der Waals surface area contributed by atoms with Crippen molar-refractivity contribution in [3.05, 3.63) is 11.9 Å². The fraction of sp³-hybridized carbons (Fsp3) is 0.556. The van der Waals surface area contributed by atoms with Crippen molar-refractivity contribution in [3.8, 4) is 0 Å². The van der Waals surface area contributed by atoms with Crippen LogP contribution in [0.25, 0.3) is 0 Å². The van der Waals surface area contributed by atoms with Crippen LogP contribution in [0.3, 0.4) is 0 Å². The monoisotopic (exact) mass is 195 g/mol. The maximum Gasteiger partial charge on any atom is 0.148 e. The van der Waals surface area contributed by atoms with E-state index in [9.17, 15) is 0 Å². The summed E-state index contributed by atoms with van der Waals surface area (Å²) in [5.41, 5.74) is 3.60. The lowest BCUT2D eigenvalue weighted by Crippen LogP contribution is -2.14. The Kier molecular flexibility index (Phi) is 4.12. The van der Waals surface area contributed by atoms with E-state index in [0.29, 0.717) is 5.82 Å². The molecule has 0 fully saturated rings. The molecule has 0 radical (unpaired) electrons. The minimum atomic E-state index is 0.695. The number of hydrazine groups is 1. The lowest BCUT2D eigenvalue weighted by molar-refractivity contribution is 0.947. The Morgan fingerprint density at radius 2 is 2.00 bits per heavy atom. The van der Waals surface area contributed by atoms with Gasteiger partial charge in [0.25, 0.3) is 0 Å². The molecule has 0 aliphatic heterocycles. The van der Waals surface area contributed by atoms with Crippen LogP contribution < -0.4 is 16.6 Å². The molecule has 1 aromatic heterocycles. The Labute approximate surface area is 84.1 Å². The number of nitrogen functional groups attached to an aromatic ring is 1. The molecule has 0 atom stereocenters. The smallest absolute Gasteiger partial charge is 0.148 e. The molecule has 0 unspecified atom stereocenters. The van der Waals surface area contributed by atoms with E-state index in [-0.39, 0.29) is 0 Å². The number of anilines is 2. The molecule has 1 heterocycles. The SMILES string of the molecule is CCCNc1ncnc(NN)c1CC. The summed E-state index contributed by atoms with van der Waals surface area (Å²) in [5.74, 6) is 6.92. The quantitative estimate of drug-likeness (QED) is 0.485. The number of hydrogen-bond acceptors (Lipinski definition) is 5. The van der Waals surface area contributed by atoms with Crippen LogP contribution in [0.2, 0.25) is 0 Å². The maximum absolute atomic E-state index is 5.36. The number of nitrogens with zero attached hydrogens (tertiary/aromatic N) is 2. The van der Waals surface area contributed by atoms with Gasteiger partial charge in [-0.3, -0.25) is 0 Å². The van der Waals surface area contributed by atoms with Crippen LogP contribution in [0.1, 0.15) is 25.8 Å². The fourth-order valence-corrected chi connectivity index (χ4v) is 1.27. The number of aromatic nitrogens is 2. The van der Waals surface area contributed by atoms with Crippen LogP contribution in [0.5, 0.6) is 0 Å². The summed E-state index contributed by atoms with van der Waals surface area (Å²) in [5, 5.41) is 3.24. The van der Waals surface area contributed by atoms with Gasteiger partial charge in [0.05, 0.1) is 0 Å². The van der Waals surface area contributed by atoms with Gasteiger partial charge in [0.1, 0.15) is 18.0 Å². The molecule has 0 spiro atoms. The Morgan fingerprint density at radius 1 is 1.29 bits per heavy atom. The van der Waals surface area contributed by atoms with Crippen molar-refractivity contribution in [1.82, 2.24) is 9.97 Å². The fourth-order valence-electron chi connectivity index (χ4n) is 1.27. The zero-order valence-electron chi connectivity index (χ0n) is 8.67. The summed E-state index contributed by atoms with van der Waals surface area (Å²) in [6.45, 7) is 5.08. The lowest BCUT2D eigenvalue weighted by Gasteiger charge is -2.11. The van der Waals surface area contributed by atoms with Crippen molar-refractivity contribution >= 4 is 11.6 Å². The topological polar surface area (TPSA) is 75.9 Å². The highest BCUT2D eigenvalue weighted by Crippen LogP contribution is 2.19. The van der Waals surface area contributed by atoms with Crippen molar-refractivity contribution in [3.63, 3.8) is 0 Å². The maximum atomic E-state index is 5.36. The number of hydrogen-bond donors (Lipinski definition) is 3. The molecular weight excluding hydrogens is 178 g/mol. The van der Waals surface area contributed by atoms with Crippen LogP contribution in [0.4, 0.5) is 11.6 Å². The van der Waals surface area contributed by atoms with Gasteiger partial charge in [-0.15, -0.1) is 0 Å². The van der Waals surface area contributed by atoms with E-state index in [1.54, 1.807) is 0 Å². The highest BCUT2D eigenvalue weighted by molar-refractivity contribution is 5.56. The summed E-state index contributed by atoms with van der Waals surface area (Å²) in [4.78, 5) is 8.23. The summed E-state index contributed by atoms with van der Waals surface area (Å²) >= 11 is 0. The van der Waals surface area contributed by atoms with Crippen LogP contribution >= 0.6 is 0 Å². The Bertz CT molecular complexity index is 287. The van der Waals surface area contributed by atoms with E-state index in [1.807, 2.05) is 0 Å². The first kappa shape index (κ1) is 10.7. The second kappa shape index (κ2) is 5.39. The molecule has 1 aromatic rings. The van der Waals surface area contributed by atoms with E-state index in [4.69, 9.17) is 5.84 Å². The molecule has 5 heteroatoms. The molecule has 0 saturated carbocycles. The third kappa shape index (κ3) is 2.32. The minimum absolute atomic E-state index is 0.695. The van der Waals surface area contributed by atoms with E-state index < -0.39 is 0 Å². The van der Waals surface area contributed by atoms with E-state index in [1.165, 1.54) is 6.33 Å². The summed E-state index contributed by atoms with van der Waals surface area (Å²) in [7, 11) is 0. The van der Waals surface area contributed by atoms with Gasteiger partial charge in [0.2, 0.25) is 0 Å². The van der Waals surface area contributed by atoms with Crippen LogP contribution in [0.15, 0.2) is 6.33 Å². The van der Waals surface area contributed by atoms with Crippen molar-refractivity contribution in [2.24, 2.45) is 5.84 Å². The average molecular weight is 195 g/mol. The molecule has 0 aliphatic carbocycles. The van der Waals surface area contributed by atoms with Gasteiger partial charge in [-0.05, 0) is 12.8 Å². The Hall–Kier alpha value is -1.36. The van der Waals surface area contributed by atoms with Gasteiger partial charge in [-0.25, -0.2) is 15.8 Å². The largest absolute Gasteiger partial charge is 0.370 e. The van der Waals surface area contributed by atoms with Crippen molar-refractivity contribution < 1.29 is 0 Å². The van der Waals surface area contributed by atoms with Crippen LogP contribution in [0, 0.1) is 0 Å². The molecule has 0 aliphatic rings. The van der Waals surface area contributed by atoms with E-state index >= 15 is 0 Å². The lowest BCUT2D eigenvalue weighted by atomic mass is 10.2. The van der Waals surface area contributed by atoms with E-state index in [2.05, 4.69) is 34.6 Å². The molecule has 78 valence electrons.